The predicted molar refractivity (Wildman–Crippen MR) is 97.4 cm³/mol. The van der Waals surface area contributed by atoms with Crippen LogP contribution in [0.3, 0.4) is 0 Å². The lowest BCUT2D eigenvalue weighted by Crippen LogP contribution is -2.21. The Balaban J connectivity index is 1.60. The first kappa shape index (κ1) is 17.5. The highest BCUT2D eigenvalue weighted by atomic mass is 35.5. The molecule has 1 aromatic heterocycles. The molecule has 0 bridgehead atoms. The maximum atomic E-state index is 12.3. The number of hydrogen-bond acceptors (Lipinski definition) is 4. The van der Waals surface area contributed by atoms with Gasteiger partial charge in [0.2, 0.25) is 0 Å². The molecule has 3 rings (SSSR count). The number of carbonyl (C=O) groups excluding carboxylic acids is 1. The molecule has 5 nitrogen and oxygen atoms in total. The molecule has 0 atom stereocenters. The zero-order valence-electron chi connectivity index (χ0n) is 13.1. The van der Waals surface area contributed by atoms with Crippen LogP contribution in [0, 0.1) is 0 Å². The molecule has 7 heteroatoms. The predicted octanol–water partition coefficient (Wildman–Crippen LogP) is 3.95. The fourth-order valence-electron chi connectivity index (χ4n) is 2.40. The number of carbonyl (C=O) groups is 1. The summed E-state index contributed by atoms with van der Waals surface area (Å²) in [6.45, 7) is 0.550. The van der Waals surface area contributed by atoms with Gasteiger partial charge in [0.15, 0.2) is 0 Å². The van der Waals surface area contributed by atoms with Crippen LogP contribution in [-0.2, 0) is 11.3 Å². The normalized spacial score (nSPS) is 10.8. The van der Waals surface area contributed by atoms with Crippen LogP contribution in [0.4, 0.5) is 0 Å². The second-order valence-electron chi connectivity index (χ2n) is 5.37. The van der Waals surface area contributed by atoms with E-state index in [0.717, 1.165) is 0 Å². The van der Waals surface area contributed by atoms with Gasteiger partial charge >= 0.3 is 5.97 Å². The Labute approximate surface area is 153 Å². The number of aromatic nitrogens is 2. The van der Waals surface area contributed by atoms with E-state index >= 15 is 0 Å². The van der Waals surface area contributed by atoms with Crippen molar-refractivity contribution in [1.29, 1.82) is 0 Å². The number of aryl methyl sites for hydroxylation is 1. The monoisotopic (exact) mass is 376 g/mol. The summed E-state index contributed by atoms with van der Waals surface area (Å²) in [5.74, 6) is -0.545. The Morgan fingerprint density at radius 1 is 1.16 bits per heavy atom. The maximum absolute atomic E-state index is 12.3. The number of benzene rings is 2. The van der Waals surface area contributed by atoms with Crippen LogP contribution in [0.1, 0.15) is 16.8 Å². The number of para-hydroxylation sites is 1. The van der Waals surface area contributed by atoms with Crippen LogP contribution in [-0.4, -0.2) is 22.1 Å². The summed E-state index contributed by atoms with van der Waals surface area (Å²) < 4.78 is 6.70. The molecule has 0 radical (unpaired) electrons. The minimum absolute atomic E-state index is 0.116. The first-order chi connectivity index (χ1) is 12.1. The SMILES string of the molecule is O=C(OCCCn1cnc2ccccc2c1=O)c1cc(Cl)ccc1Cl. The summed E-state index contributed by atoms with van der Waals surface area (Å²) in [6, 6.07) is 11.8. The van der Waals surface area contributed by atoms with Crippen molar-refractivity contribution in [2.75, 3.05) is 6.61 Å². The Hall–Kier alpha value is -2.37. The highest BCUT2D eigenvalue weighted by Gasteiger charge is 2.12. The zero-order chi connectivity index (χ0) is 17.8. The zero-order valence-corrected chi connectivity index (χ0v) is 14.6. The van der Waals surface area contributed by atoms with Gasteiger partial charge in [-0.15, -0.1) is 0 Å². The van der Waals surface area contributed by atoms with Gasteiger partial charge in [0.1, 0.15) is 0 Å². The van der Waals surface area contributed by atoms with Gasteiger partial charge < -0.3 is 4.74 Å². The van der Waals surface area contributed by atoms with Crippen molar-refractivity contribution in [2.45, 2.75) is 13.0 Å². The van der Waals surface area contributed by atoms with Gasteiger partial charge in [-0.1, -0.05) is 35.3 Å². The van der Waals surface area contributed by atoms with Gasteiger partial charge in [0, 0.05) is 11.6 Å². The van der Waals surface area contributed by atoms with Crippen molar-refractivity contribution in [3.63, 3.8) is 0 Å². The van der Waals surface area contributed by atoms with Gasteiger partial charge in [-0.2, -0.15) is 0 Å². The average Bonchev–Trinajstić information content (AvgIpc) is 2.62. The number of esters is 1. The summed E-state index contributed by atoms with van der Waals surface area (Å²) >= 11 is 11.8. The maximum Gasteiger partial charge on any atom is 0.339 e. The molecular formula is C18H14Cl2N2O3. The van der Waals surface area contributed by atoms with E-state index in [1.54, 1.807) is 30.3 Å². The molecule has 0 aliphatic carbocycles. The van der Waals surface area contributed by atoms with E-state index in [4.69, 9.17) is 27.9 Å². The van der Waals surface area contributed by atoms with E-state index in [1.165, 1.54) is 17.0 Å². The lowest BCUT2D eigenvalue weighted by atomic mass is 10.2. The van der Waals surface area contributed by atoms with Crippen LogP contribution in [0.15, 0.2) is 53.6 Å². The second-order valence-corrected chi connectivity index (χ2v) is 6.22. The van der Waals surface area contributed by atoms with Crippen LogP contribution in [0.2, 0.25) is 10.0 Å². The minimum Gasteiger partial charge on any atom is -0.462 e. The van der Waals surface area contributed by atoms with Crippen LogP contribution < -0.4 is 5.56 Å². The van der Waals surface area contributed by atoms with Gasteiger partial charge in [-0.3, -0.25) is 9.36 Å². The smallest absolute Gasteiger partial charge is 0.339 e. The number of nitrogens with zero attached hydrogens (tertiary/aromatic N) is 2. The molecule has 25 heavy (non-hydrogen) atoms. The fraction of sp³-hybridized carbons (Fsp3) is 0.167. The average molecular weight is 377 g/mol. The molecule has 0 spiro atoms. The van der Waals surface area contributed by atoms with Crippen molar-refractivity contribution < 1.29 is 9.53 Å². The second kappa shape index (κ2) is 7.68. The molecule has 2 aromatic carbocycles. The van der Waals surface area contributed by atoms with Gasteiger partial charge in [0.05, 0.1) is 34.4 Å². The van der Waals surface area contributed by atoms with E-state index < -0.39 is 5.97 Å². The molecule has 0 aliphatic rings. The van der Waals surface area contributed by atoms with Gasteiger partial charge in [-0.25, -0.2) is 9.78 Å². The van der Waals surface area contributed by atoms with E-state index in [1.807, 2.05) is 6.07 Å². The van der Waals surface area contributed by atoms with E-state index in [-0.39, 0.29) is 22.8 Å². The van der Waals surface area contributed by atoms with E-state index in [2.05, 4.69) is 4.98 Å². The third kappa shape index (κ3) is 4.00. The number of ether oxygens (including phenoxy) is 1. The number of hydrogen-bond donors (Lipinski definition) is 0. The van der Waals surface area contributed by atoms with Crippen molar-refractivity contribution in [3.8, 4) is 0 Å². The van der Waals surface area contributed by atoms with E-state index in [9.17, 15) is 9.59 Å². The summed E-state index contributed by atoms with van der Waals surface area (Å²) in [6.07, 6.45) is 1.98. The standard InChI is InChI=1S/C18H14Cl2N2O3/c19-12-6-7-15(20)14(10-12)18(24)25-9-3-8-22-11-21-16-5-2-1-4-13(16)17(22)23/h1-2,4-7,10-11H,3,8-9H2. The van der Waals surface area contributed by atoms with Crippen LogP contribution in [0.5, 0.6) is 0 Å². The molecule has 0 N–H and O–H groups in total. The first-order valence-corrected chi connectivity index (χ1v) is 8.38. The lowest BCUT2D eigenvalue weighted by Gasteiger charge is -2.08. The summed E-state index contributed by atoms with van der Waals surface area (Å²) in [7, 11) is 0. The number of halogens is 2. The number of rotatable bonds is 5. The van der Waals surface area contributed by atoms with Crippen molar-refractivity contribution in [1.82, 2.24) is 9.55 Å². The largest absolute Gasteiger partial charge is 0.462 e. The third-order valence-electron chi connectivity index (χ3n) is 3.66. The lowest BCUT2D eigenvalue weighted by molar-refractivity contribution is 0.0496. The summed E-state index contributed by atoms with van der Waals surface area (Å²) in [5.41, 5.74) is 0.763. The van der Waals surface area contributed by atoms with Gasteiger partial charge in [0.25, 0.3) is 5.56 Å². The quantitative estimate of drug-likeness (QED) is 0.499. The Morgan fingerprint density at radius 3 is 2.80 bits per heavy atom. The van der Waals surface area contributed by atoms with Crippen molar-refractivity contribution in [2.24, 2.45) is 0 Å². The molecule has 0 saturated heterocycles. The third-order valence-corrected chi connectivity index (χ3v) is 4.22. The molecule has 3 aromatic rings. The number of fused-ring (bicyclic) bond motifs is 1. The highest BCUT2D eigenvalue weighted by Crippen LogP contribution is 2.21. The van der Waals surface area contributed by atoms with Crippen LogP contribution >= 0.6 is 23.2 Å². The molecule has 0 amide bonds. The molecule has 128 valence electrons. The fourth-order valence-corrected chi connectivity index (χ4v) is 2.76. The Bertz CT molecular complexity index is 985. The molecule has 1 heterocycles. The molecular weight excluding hydrogens is 363 g/mol. The molecule has 0 saturated carbocycles. The van der Waals surface area contributed by atoms with Crippen LogP contribution in [0.25, 0.3) is 10.9 Å². The molecule has 0 unspecified atom stereocenters. The highest BCUT2D eigenvalue weighted by molar-refractivity contribution is 6.35. The van der Waals surface area contributed by atoms with Crippen molar-refractivity contribution in [3.05, 3.63) is 74.8 Å². The Kier molecular flexibility index (Phi) is 5.36. The first-order valence-electron chi connectivity index (χ1n) is 7.62. The van der Waals surface area contributed by atoms with Gasteiger partial charge in [-0.05, 0) is 36.8 Å². The van der Waals surface area contributed by atoms with Crippen molar-refractivity contribution >= 4 is 40.1 Å². The topological polar surface area (TPSA) is 61.2 Å². The molecule has 0 fully saturated rings. The summed E-state index contributed by atoms with van der Waals surface area (Å²) in [4.78, 5) is 28.6. The van der Waals surface area contributed by atoms with E-state index in [0.29, 0.717) is 28.9 Å². The molecule has 0 aliphatic heterocycles. The minimum atomic E-state index is -0.545. The summed E-state index contributed by atoms with van der Waals surface area (Å²) in [5, 5.41) is 1.25. The Morgan fingerprint density at radius 2 is 1.96 bits per heavy atom.